The van der Waals surface area contributed by atoms with Crippen LogP contribution in [-0.2, 0) is 6.42 Å². The summed E-state index contributed by atoms with van der Waals surface area (Å²) in [7, 11) is 0. The van der Waals surface area contributed by atoms with E-state index in [1.165, 1.54) is 17.5 Å². The van der Waals surface area contributed by atoms with E-state index in [9.17, 15) is 0 Å². The van der Waals surface area contributed by atoms with Gasteiger partial charge in [0.2, 0.25) is 0 Å². The van der Waals surface area contributed by atoms with E-state index in [4.69, 9.17) is 4.42 Å². The Morgan fingerprint density at radius 1 is 1.25 bits per heavy atom. The van der Waals surface area contributed by atoms with Gasteiger partial charge in [-0.05, 0) is 30.2 Å². The third-order valence-corrected chi connectivity index (χ3v) is 2.10. The Hall–Kier alpha value is -1.24. The molecule has 0 unspecified atom stereocenters. The molecule has 0 saturated carbocycles. The van der Waals surface area contributed by atoms with Gasteiger partial charge in [0.15, 0.2) is 0 Å². The fourth-order valence-corrected chi connectivity index (χ4v) is 1.54. The van der Waals surface area contributed by atoms with Gasteiger partial charge in [0, 0.05) is 5.56 Å². The van der Waals surface area contributed by atoms with Crippen LogP contribution in [0.4, 0.5) is 0 Å². The van der Waals surface area contributed by atoms with E-state index in [0.717, 1.165) is 12.2 Å². The third-order valence-electron chi connectivity index (χ3n) is 2.10. The van der Waals surface area contributed by atoms with Crippen molar-refractivity contribution in [1.82, 2.24) is 0 Å². The Labute approximate surface area is 72.4 Å². The molecule has 0 atom stereocenters. The first kappa shape index (κ1) is 7.41. The van der Waals surface area contributed by atoms with E-state index < -0.39 is 0 Å². The summed E-state index contributed by atoms with van der Waals surface area (Å²) >= 11 is 0. The zero-order valence-electron chi connectivity index (χ0n) is 7.21. The van der Waals surface area contributed by atoms with Crippen molar-refractivity contribution in [3.63, 3.8) is 0 Å². The maximum Gasteiger partial charge on any atom is 0.134 e. The predicted octanol–water partition coefficient (Wildman–Crippen LogP) is 3.34. The Balaban J connectivity index is 2.45. The average Bonchev–Trinajstić information content (AvgIpc) is 2.50. The predicted molar refractivity (Wildman–Crippen MR) is 49.3 cm³/mol. The summed E-state index contributed by atoms with van der Waals surface area (Å²) in [6.07, 6.45) is 4.05. The second kappa shape index (κ2) is 3.02. The summed E-state index contributed by atoms with van der Waals surface area (Å²) in [6, 6.07) is 8.25. The first-order valence-corrected chi connectivity index (χ1v) is 4.37. The van der Waals surface area contributed by atoms with Crippen molar-refractivity contribution in [2.45, 2.75) is 19.8 Å². The lowest BCUT2D eigenvalue weighted by Gasteiger charge is -2.00. The van der Waals surface area contributed by atoms with Crippen LogP contribution in [0.1, 0.15) is 18.9 Å². The molecule has 2 rings (SSSR count). The molecule has 62 valence electrons. The molecule has 1 heterocycles. The molecule has 2 aliphatic rings. The van der Waals surface area contributed by atoms with Gasteiger partial charge in [0.1, 0.15) is 5.76 Å². The minimum Gasteiger partial charge on any atom is -0.464 e. The Kier molecular flexibility index (Phi) is 1.86. The minimum atomic E-state index is 1.00. The van der Waals surface area contributed by atoms with Crippen LogP contribution in [0.25, 0.3) is 11.3 Å². The minimum absolute atomic E-state index is 1.00. The van der Waals surface area contributed by atoms with Crippen molar-refractivity contribution in [2.75, 3.05) is 0 Å². The highest BCUT2D eigenvalue weighted by molar-refractivity contribution is 5.65. The first-order valence-electron chi connectivity index (χ1n) is 4.37. The number of fused-ring (bicyclic) bond motifs is 1. The molecule has 0 radical (unpaired) electrons. The van der Waals surface area contributed by atoms with Gasteiger partial charge in [0.25, 0.3) is 0 Å². The molecule has 1 nitrogen and oxygen atoms in total. The summed E-state index contributed by atoms with van der Waals surface area (Å²) in [5.41, 5.74) is 2.66. The third kappa shape index (κ3) is 1.11. The Morgan fingerprint density at radius 2 is 2.17 bits per heavy atom. The molecule has 1 heteroatoms. The Bertz CT molecular complexity index is 335. The van der Waals surface area contributed by atoms with E-state index in [2.05, 4.69) is 19.1 Å². The summed E-state index contributed by atoms with van der Waals surface area (Å²) in [5, 5.41) is 0. The summed E-state index contributed by atoms with van der Waals surface area (Å²) < 4.78 is 5.34. The molecule has 0 aromatic carbocycles. The molecule has 0 amide bonds. The molecule has 12 heavy (non-hydrogen) atoms. The fraction of sp³-hybridized carbons (Fsp3) is 0.273. The van der Waals surface area contributed by atoms with Crippen molar-refractivity contribution < 1.29 is 4.42 Å². The number of rotatable bonds is 2. The van der Waals surface area contributed by atoms with Crippen LogP contribution < -0.4 is 0 Å². The van der Waals surface area contributed by atoms with Gasteiger partial charge in [-0.25, -0.2) is 0 Å². The van der Waals surface area contributed by atoms with E-state index in [-0.39, 0.29) is 0 Å². The standard InChI is InChI=1S/C11H12O/c1-2-4-9-6-7-11-10(9)5-3-8-12-11/h3,5-8H,2,4H2,1H3. The van der Waals surface area contributed by atoms with Gasteiger partial charge >= 0.3 is 0 Å². The van der Waals surface area contributed by atoms with Gasteiger partial charge in [-0.2, -0.15) is 0 Å². The van der Waals surface area contributed by atoms with E-state index in [0.29, 0.717) is 0 Å². The van der Waals surface area contributed by atoms with E-state index in [1.54, 1.807) is 6.26 Å². The molecule has 0 N–H and O–H groups in total. The summed E-state index contributed by atoms with van der Waals surface area (Å²) in [4.78, 5) is 0. The zero-order valence-corrected chi connectivity index (χ0v) is 7.21. The van der Waals surface area contributed by atoms with Crippen molar-refractivity contribution in [3.8, 4) is 11.3 Å². The molecular weight excluding hydrogens is 148 g/mol. The van der Waals surface area contributed by atoms with Crippen LogP contribution >= 0.6 is 0 Å². The van der Waals surface area contributed by atoms with Gasteiger partial charge in [-0.3, -0.25) is 0 Å². The van der Waals surface area contributed by atoms with Gasteiger partial charge < -0.3 is 4.42 Å². The van der Waals surface area contributed by atoms with Crippen LogP contribution in [-0.4, -0.2) is 0 Å². The highest BCUT2D eigenvalue weighted by atomic mass is 16.3. The van der Waals surface area contributed by atoms with Crippen LogP contribution in [0.5, 0.6) is 0 Å². The topological polar surface area (TPSA) is 13.1 Å². The molecular formula is C11H12O. The quantitative estimate of drug-likeness (QED) is 0.656. The van der Waals surface area contributed by atoms with Crippen molar-refractivity contribution in [1.29, 1.82) is 0 Å². The molecule has 1 aliphatic carbocycles. The highest BCUT2D eigenvalue weighted by Crippen LogP contribution is 2.28. The maximum absolute atomic E-state index is 5.34. The molecule has 1 aliphatic heterocycles. The summed E-state index contributed by atoms with van der Waals surface area (Å²) in [6.45, 7) is 2.19. The van der Waals surface area contributed by atoms with Crippen molar-refractivity contribution >= 4 is 0 Å². The lowest BCUT2D eigenvalue weighted by Crippen LogP contribution is -1.81. The van der Waals surface area contributed by atoms with Gasteiger partial charge in [-0.15, -0.1) is 0 Å². The number of hydrogen-bond donors (Lipinski definition) is 0. The summed E-state index contributed by atoms with van der Waals surface area (Å²) in [5.74, 6) is 1.00. The first-order chi connectivity index (χ1) is 5.92. The second-order valence-electron chi connectivity index (χ2n) is 3.00. The van der Waals surface area contributed by atoms with Crippen molar-refractivity contribution in [3.05, 3.63) is 36.1 Å². The number of hydrogen-bond acceptors (Lipinski definition) is 1. The van der Waals surface area contributed by atoms with Crippen LogP contribution in [0.15, 0.2) is 34.9 Å². The molecule has 0 spiro atoms. The second-order valence-corrected chi connectivity index (χ2v) is 3.00. The van der Waals surface area contributed by atoms with Crippen LogP contribution in [0.2, 0.25) is 0 Å². The average molecular weight is 160 g/mol. The molecule has 0 aromatic rings. The molecule has 0 bridgehead atoms. The largest absolute Gasteiger partial charge is 0.464 e. The highest BCUT2D eigenvalue weighted by Gasteiger charge is 2.08. The normalized spacial score (nSPS) is 10.8. The van der Waals surface area contributed by atoms with E-state index in [1.807, 2.05) is 12.1 Å². The van der Waals surface area contributed by atoms with Crippen molar-refractivity contribution in [2.24, 2.45) is 0 Å². The van der Waals surface area contributed by atoms with Gasteiger partial charge in [0.05, 0.1) is 6.26 Å². The molecule has 0 fully saturated rings. The van der Waals surface area contributed by atoms with E-state index >= 15 is 0 Å². The monoisotopic (exact) mass is 160 g/mol. The Morgan fingerprint density at radius 3 is 3.00 bits per heavy atom. The lowest BCUT2D eigenvalue weighted by atomic mass is 10.1. The van der Waals surface area contributed by atoms with Crippen LogP contribution in [0.3, 0.4) is 0 Å². The fourth-order valence-electron chi connectivity index (χ4n) is 1.54. The van der Waals surface area contributed by atoms with Gasteiger partial charge in [-0.1, -0.05) is 19.4 Å². The molecule has 0 saturated heterocycles. The molecule has 0 aromatic heterocycles. The SMILES string of the molecule is CCCc1ccc2occcc1-2. The smallest absolute Gasteiger partial charge is 0.134 e. The maximum atomic E-state index is 5.34. The van der Waals surface area contributed by atoms with Crippen LogP contribution in [0, 0.1) is 0 Å². The zero-order chi connectivity index (χ0) is 8.39. The lowest BCUT2D eigenvalue weighted by molar-refractivity contribution is 0.566. The number of aryl methyl sites for hydroxylation is 1.